The van der Waals surface area contributed by atoms with Crippen LogP contribution >= 0.6 is 31.9 Å². The fraction of sp³-hybridized carbons (Fsp3) is 0.0833. The number of aromatic nitrogens is 1. The molecule has 0 spiro atoms. The Morgan fingerprint density at radius 2 is 1.95 bits per heavy atom. The maximum absolute atomic E-state index is 12.3. The summed E-state index contributed by atoms with van der Waals surface area (Å²) >= 11 is 6.46. The van der Waals surface area contributed by atoms with Crippen LogP contribution in [0, 0.1) is 6.92 Å². The molecule has 0 saturated heterocycles. The molecule has 0 amide bonds. The first-order chi connectivity index (χ1) is 9.29. The summed E-state index contributed by atoms with van der Waals surface area (Å²) in [6.45, 7) is 1.71. The minimum absolute atomic E-state index is 0.140. The van der Waals surface area contributed by atoms with Crippen LogP contribution in [0.25, 0.3) is 0 Å². The molecule has 0 aliphatic carbocycles. The highest BCUT2D eigenvalue weighted by Gasteiger charge is 2.18. The number of nitrogens with zero attached hydrogens (tertiary/aromatic N) is 1. The molecule has 0 unspecified atom stereocenters. The number of nitrogens with one attached hydrogen (secondary N) is 1. The second kappa shape index (κ2) is 5.71. The Morgan fingerprint density at radius 1 is 1.25 bits per heavy atom. The number of nitrogen functional groups attached to an aromatic ring is 1. The summed E-state index contributed by atoms with van der Waals surface area (Å²) in [4.78, 5) is 4.11. The van der Waals surface area contributed by atoms with Gasteiger partial charge in [-0.05, 0) is 68.6 Å². The zero-order valence-electron chi connectivity index (χ0n) is 10.4. The molecule has 2 aromatic rings. The van der Waals surface area contributed by atoms with Crippen molar-refractivity contribution in [3.05, 3.63) is 45.1 Å². The monoisotopic (exact) mass is 419 g/mol. The summed E-state index contributed by atoms with van der Waals surface area (Å²) < 4.78 is 28.5. The summed E-state index contributed by atoms with van der Waals surface area (Å²) in [5, 5.41) is 0. The van der Waals surface area contributed by atoms with Crippen LogP contribution in [0.4, 0.5) is 11.4 Å². The van der Waals surface area contributed by atoms with Gasteiger partial charge in [-0.3, -0.25) is 4.72 Å². The summed E-state index contributed by atoms with van der Waals surface area (Å²) in [5.74, 6) is 0. The Labute approximate surface area is 133 Å². The third-order valence-corrected chi connectivity index (χ3v) is 5.24. The van der Waals surface area contributed by atoms with Gasteiger partial charge in [0.15, 0.2) is 0 Å². The third-order valence-electron chi connectivity index (χ3n) is 2.56. The average Bonchev–Trinajstić information content (AvgIpc) is 2.36. The molecule has 20 heavy (non-hydrogen) atoms. The average molecular weight is 421 g/mol. The number of hydrogen-bond acceptors (Lipinski definition) is 4. The zero-order valence-corrected chi connectivity index (χ0v) is 14.4. The molecule has 0 bridgehead atoms. The van der Waals surface area contributed by atoms with Crippen LogP contribution in [0.3, 0.4) is 0 Å². The Bertz CT molecular complexity index is 746. The lowest BCUT2D eigenvalue weighted by Crippen LogP contribution is -2.15. The molecule has 0 aliphatic rings. The van der Waals surface area contributed by atoms with Gasteiger partial charge in [0.25, 0.3) is 10.0 Å². The van der Waals surface area contributed by atoms with Gasteiger partial charge in [0.1, 0.15) is 4.60 Å². The normalized spacial score (nSPS) is 11.3. The van der Waals surface area contributed by atoms with Gasteiger partial charge in [-0.2, -0.15) is 0 Å². The first-order valence-corrected chi connectivity index (χ1v) is 8.56. The van der Waals surface area contributed by atoms with Crippen molar-refractivity contribution in [2.24, 2.45) is 0 Å². The van der Waals surface area contributed by atoms with Gasteiger partial charge in [0, 0.05) is 10.2 Å². The number of rotatable bonds is 3. The van der Waals surface area contributed by atoms with E-state index in [0.717, 1.165) is 0 Å². The Morgan fingerprint density at radius 3 is 2.55 bits per heavy atom. The summed E-state index contributed by atoms with van der Waals surface area (Å²) in [5.41, 5.74) is 7.09. The highest BCUT2D eigenvalue weighted by atomic mass is 79.9. The van der Waals surface area contributed by atoms with Gasteiger partial charge < -0.3 is 5.73 Å². The van der Waals surface area contributed by atoms with Crippen LogP contribution in [0.1, 0.15) is 5.56 Å². The van der Waals surface area contributed by atoms with Gasteiger partial charge in [-0.25, -0.2) is 13.4 Å². The molecule has 0 atom stereocenters. The van der Waals surface area contributed by atoms with E-state index >= 15 is 0 Å². The Balaban J connectivity index is 2.40. The molecule has 3 N–H and O–H groups in total. The van der Waals surface area contributed by atoms with Crippen molar-refractivity contribution in [3.63, 3.8) is 0 Å². The lowest BCUT2D eigenvalue weighted by Gasteiger charge is -2.11. The van der Waals surface area contributed by atoms with Gasteiger partial charge >= 0.3 is 0 Å². The number of nitrogens with two attached hydrogens (primary N) is 1. The lowest BCUT2D eigenvalue weighted by molar-refractivity contribution is 0.600. The molecule has 1 aromatic carbocycles. The van der Waals surface area contributed by atoms with Crippen molar-refractivity contribution >= 4 is 53.3 Å². The van der Waals surface area contributed by atoms with E-state index in [9.17, 15) is 8.42 Å². The van der Waals surface area contributed by atoms with Crippen LogP contribution in [-0.2, 0) is 10.0 Å². The van der Waals surface area contributed by atoms with Gasteiger partial charge in [0.2, 0.25) is 0 Å². The molecule has 0 fully saturated rings. The number of hydrogen-bond donors (Lipinski definition) is 2. The number of sulfonamides is 1. The van der Waals surface area contributed by atoms with Crippen LogP contribution in [0.2, 0.25) is 0 Å². The van der Waals surface area contributed by atoms with Gasteiger partial charge in [0.05, 0.1) is 16.8 Å². The fourth-order valence-corrected chi connectivity index (χ4v) is 3.60. The summed E-state index contributed by atoms with van der Waals surface area (Å²) in [6.07, 6.45) is 1.43. The van der Waals surface area contributed by atoms with Gasteiger partial charge in [-0.1, -0.05) is 0 Å². The predicted octanol–water partition coefficient (Wildman–Crippen LogP) is 3.30. The minimum atomic E-state index is -3.70. The van der Waals surface area contributed by atoms with E-state index in [4.69, 9.17) is 5.73 Å². The van der Waals surface area contributed by atoms with Crippen LogP contribution in [0.15, 0.2) is 44.4 Å². The summed E-state index contributed by atoms with van der Waals surface area (Å²) in [6, 6.07) is 6.37. The predicted molar refractivity (Wildman–Crippen MR) is 86.0 cm³/mol. The first kappa shape index (κ1) is 15.3. The third kappa shape index (κ3) is 3.31. The molecular weight excluding hydrogens is 410 g/mol. The van der Waals surface area contributed by atoms with Crippen LogP contribution in [-0.4, -0.2) is 13.4 Å². The summed E-state index contributed by atoms with van der Waals surface area (Å²) in [7, 11) is -3.70. The maximum Gasteiger partial charge on any atom is 0.262 e. The molecular formula is C12H11Br2N3O2S. The molecule has 5 nitrogen and oxygen atoms in total. The number of aryl methyl sites for hydroxylation is 1. The molecule has 0 radical (unpaired) electrons. The number of anilines is 2. The Hall–Kier alpha value is -1.12. The minimum Gasteiger partial charge on any atom is -0.398 e. The number of pyridine rings is 1. The van der Waals surface area contributed by atoms with Crippen molar-refractivity contribution in [2.75, 3.05) is 10.5 Å². The van der Waals surface area contributed by atoms with Crippen molar-refractivity contribution in [1.82, 2.24) is 4.98 Å². The van der Waals surface area contributed by atoms with E-state index < -0.39 is 10.0 Å². The van der Waals surface area contributed by atoms with Gasteiger partial charge in [-0.15, -0.1) is 0 Å². The second-order valence-corrected chi connectivity index (χ2v) is 7.43. The molecule has 1 aromatic heterocycles. The van der Waals surface area contributed by atoms with E-state index in [1.807, 2.05) is 0 Å². The second-order valence-electron chi connectivity index (χ2n) is 4.11. The van der Waals surface area contributed by atoms with Crippen molar-refractivity contribution in [3.8, 4) is 0 Å². The number of benzene rings is 1. The van der Waals surface area contributed by atoms with Crippen molar-refractivity contribution in [2.45, 2.75) is 11.8 Å². The molecule has 0 aliphatic heterocycles. The highest BCUT2D eigenvalue weighted by Crippen LogP contribution is 2.27. The Kier molecular flexibility index (Phi) is 4.36. The van der Waals surface area contributed by atoms with Crippen LogP contribution < -0.4 is 10.5 Å². The molecule has 8 heteroatoms. The molecule has 0 saturated carbocycles. The fourth-order valence-electron chi connectivity index (χ4n) is 1.60. The number of halogens is 2. The highest BCUT2D eigenvalue weighted by molar-refractivity contribution is 9.10. The zero-order chi connectivity index (χ0) is 14.9. The van der Waals surface area contributed by atoms with E-state index in [-0.39, 0.29) is 4.90 Å². The lowest BCUT2D eigenvalue weighted by atomic mass is 10.2. The quantitative estimate of drug-likeness (QED) is 0.589. The largest absolute Gasteiger partial charge is 0.398 e. The van der Waals surface area contributed by atoms with Crippen molar-refractivity contribution in [1.29, 1.82) is 0 Å². The van der Waals surface area contributed by atoms with E-state index in [1.165, 1.54) is 12.3 Å². The topological polar surface area (TPSA) is 85.1 Å². The molecule has 2 rings (SSSR count). The first-order valence-electron chi connectivity index (χ1n) is 5.49. The van der Waals surface area contributed by atoms with E-state index in [2.05, 4.69) is 41.6 Å². The van der Waals surface area contributed by atoms with Crippen LogP contribution in [0.5, 0.6) is 0 Å². The van der Waals surface area contributed by atoms with E-state index in [1.54, 1.807) is 25.1 Å². The smallest absolute Gasteiger partial charge is 0.262 e. The van der Waals surface area contributed by atoms with Crippen molar-refractivity contribution < 1.29 is 8.42 Å². The molecule has 1 heterocycles. The van der Waals surface area contributed by atoms with E-state index in [0.29, 0.717) is 26.0 Å². The standard InChI is InChI=1S/C12H11Br2N3O2S/c1-7-4-9(13)10(15)5-11(7)20(18,19)17-8-2-3-12(14)16-6-8/h2-6,17H,15H2,1H3. The maximum atomic E-state index is 12.3. The SMILES string of the molecule is Cc1cc(Br)c(N)cc1S(=O)(=O)Nc1ccc(Br)nc1. The molecule has 106 valence electrons.